The van der Waals surface area contributed by atoms with Crippen molar-refractivity contribution in [3.05, 3.63) is 0 Å². The van der Waals surface area contributed by atoms with E-state index in [2.05, 4.69) is 18.6 Å². The molecule has 0 aliphatic carbocycles. The second-order valence-electron chi connectivity index (χ2n) is 8.42. The Kier molecular flexibility index (Phi) is 8.39. The summed E-state index contributed by atoms with van der Waals surface area (Å²) in [5.41, 5.74) is -1.10. The zero-order chi connectivity index (χ0) is 19.2. The maximum absolute atomic E-state index is 11.1. The van der Waals surface area contributed by atoms with E-state index in [1.165, 1.54) is 7.11 Å². The van der Waals surface area contributed by atoms with E-state index in [0.717, 1.165) is 12.8 Å². The number of aliphatic hydroxyl groups is 2. The summed E-state index contributed by atoms with van der Waals surface area (Å²) in [5.74, 6) is 0.412. The molecule has 1 aliphatic rings. The molecule has 1 rings (SSSR count). The maximum atomic E-state index is 11.1. The minimum Gasteiger partial charge on any atom is -0.469 e. The van der Waals surface area contributed by atoms with Gasteiger partial charge in [0.05, 0.1) is 25.7 Å². The van der Waals surface area contributed by atoms with E-state index in [4.69, 9.17) is 0 Å². The van der Waals surface area contributed by atoms with E-state index < -0.39 is 0 Å². The predicted octanol–water partition coefficient (Wildman–Crippen LogP) is 1.69. The molecule has 0 bridgehead atoms. The molecule has 142 valence electrons. The van der Waals surface area contributed by atoms with Crippen LogP contribution in [0.3, 0.4) is 0 Å². The molecule has 1 saturated heterocycles. The van der Waals surface area contributed by atoms with Gasteiger partial charge in [0.2, 0.25) is 6.41 Å². The molecule has 6 nitrogen and oxygen atoms in total. The first-order chi connectivity index (χ1) is 10.9. The number of aliphatic hydroxyl groups excluding tert-OH is 2. The number of amides is 1. The normalized spacial score (nSPS) is 26.8. The van der Waals surface area contributed by atoms with Gasteiger partial charge in [0.1, 0.15) is 0 Å². The van der Waals surface area contributed by atoms with Gasteiger partial charge in [-0.1, -0.05) is 27.7 Å². The van der Waals surface area contributed by atoms with Gasteiger partial charge in [0.15, 0.2) is 0 Å². The van der Waals surface area contributed by atoms with Gasteiger partial charge in [-0.2, -0.15) is 0 Å². The van der Waals surface area contributed by atoms with Crippen LogP contribution >= 0.6 is 0 Å². The molecule has 0 radical (unpaired) electrons. The number of nitrogens with zero attached hydrogens (tertiary/aromatic N) is 1. The maximum Gasteiger partial charge on any atom is 0.311 e. The summed E-state index contributed by atoms with van der Waals surface area (Å²) in [4.78, 5) is 23.3. The van der Waals surface area contributed by atoms with Crippen molar-refractivity contribution in [1.82, 2.24) is 4.90 Å². The molecule has 1 aliphatic heterocycles. The Balaban J connectivity index is 0.000000449. The topological polar surface area (TPSA) is 87.1 Å². The fraction of sp³-hybridized carbons (Fsp3) is 0.889. The second kappa shape index (κ2) is 8.81. The van der Waals surface area contributed by atoms with Crippen molar-refractivity contribution in [2.75, 3.05) is 33.4 Å². The lowest BCUT2D eigenvalue weighted by Crippen LogP contribution is -2.41. The molecular formula is C18H35NO5. The Bertz CT molecular complexity index is 406. The number of ether oxygens (including phenoxy) is 1. The Morgan fingerprint density at radius 2 is 1.62 bits per heavy atom. The van der Waals surface area contributed by atoms with Crippen LogP contribution < -0.4 is 0 Å². The number of esters is 1. The zero-order valence-electron chi connectivity index (χ0n) is 16.3. The van der Waals surface area contributed by atoms with E-state index in [1.807, 2.05) is 27.7 Å². The van der Waals surface area contributed by atoms with Gasteiger partial charge >= 0.3 is 5.97 Å². The summed E-state index contributed by atoms with van der Waals surface area (Å²) in [5, 5.41) is 18.5. The lowest BCUT2D eigenvalue weighted by Gasteiger charge is -2.36. The Labute approximate surface area is 146 Å². The van der Waals surface area contributed by atoms with Crippen molar-refractivity contribution in [2.24, 2.45) is 22.2 Å². The monoisotopic (exact) mass is 345 g/mol. The van der Waals surface area contributed by atoms with Crippen LogP contribution in [-0.4, -0.2) is 60.9 Å². The van der Waals surface area contributed by atoms with Gasteiger partial charge in [0.25, 0.3) is 0 Å². The largest absolute Gasteiger partial charge is 0.469 e. The molecule has 2 atom stereocenters. The Hall–Kier alpha value is -1.14. The Morgan fingerprint density at radius 3 is 1.88 bits per heavy atom. The molecular weight excluding hydrogens is 310 g/mol. The number of carbonyl (C=O) groups is 2. The molecule has 24 heavy (non-hydrogen) atoms. The number of hydrogen-bond acceptors (Lipinski definition) is 5. The number of likely N-dealkylation sites (tertiary alicyclic amines) is 1. The van der Waals surface area contributed by atoms with Crippen LogP contribution in [0.5, 0.6) is 0 Å². The standard InChI is InChI=1S/C9H17NO3.C9H18O2/c1-8(5-11)3-10(7-13)4-9(8,2)6-12;1-7(2)6-9(3,4)8(10)11-5/h7,11-12H,3-6H2,1-2H3;7H,6H2,1-5H3. The van der Waals surface area contributed by atoms with Crippen LogP contribution in [0, 0.1) is 22.2 Å². The zero-order valence-corrected chi connectivity index (χ0v) is 16.3. The summed E-state index contributed by atoms with van der Waals surface area (Å²) in [6, 6.07) is 0. The van der Waals surface area contributed by atoms with Crippen LogP contribution in [0.25, 0.3) is 0 Å². The first kappa shape index (κ1) is 22.9. The summed E-state index contributed by atoms with van der Waals surface area (Å²) >= 11 is 0. The third-order valence-corrected chi connectivity index (χ3v) is 5.06. The summed E-state index contributed by atoms with van der Waals surface area (Å²) in [6.45, 7) is 12.9. The third-order valence-electron chi connectivity index (χ3n) is 5.06. The van der Waals surface area contributed by atoms with Crippen molar-refractivity contribution in [3.63, 3.8) is 0 Å². The molecule has 1 heterocycles. The van der Waals surface area contributed by atoms with Gasteiger partial charge < -0.3 is 19.8 Å². The van der Waals surface area contributed by atoms with Gasteiger partial charge in [-0.3, -0.25) is 9.59 Å². The minimum atomic E-state index is -0.386. The SMILES string of the molecule is CC1(CO)CN(C=O)CC1(C)CO.COC(=O)C(C)(C)CC(C)C. The van der Waals surface area contributed by atoms with Crippen LogP contribution in [0.4, 0.5) is 0 Å². The van der Waals surface area contributed by atoms with Crippen LogP contribution in [0.15, 0.2) is 0 Å². The first-order valence-corrected chi connectivity index (χ1v) is 8.41. The highest BCUT2D eigenvalue weighted by Gasteiger charge is 2.51. The fourth-order valence-electron chi connectivity index (χ4n) is 3.27. The fourth-order valence-corrected chi connectivity index (χ4v) is 3.27. The lowest BCUT2D eigenvalue weighted by atomic mass is 9.69. The first-order valence-electron chi connectivity index (χ1n) is 8.41. The molecule has 2 unspecified atom stereocenters. The van der Waals surface area contributed by atoms with Crippen molar-refractivity contribution < 1.29 is 24.5 Å². The number of rotatable bonds is 6. The molecule has 6 heteroatoms. The van der Waals surface area contributed by atoms with Gasteiger partial charge in [-0.15, -0.1) is 0 Å². The van der Waals surface area contributed by atoms with E-state index in [1.54, 1.807) is 4.90 Å². The minimum absolute atomic E-state index is 0.00556. The highest BCUT2D eigenvalue weighted by Crippen LogP contribution is 2.44. The molecule has 0 spiro atoms. The molecule has 1 fully saturated rings. The number of methoxy groups -OCH3 is 1. The van der Waals surface area contributed by atoms with Crippen molar-refractivity contribution in [3.8, 4) is 0 Å². The van der Waals surface area contributed by atoms with E-state index in [0.29, 0.717) is 19.0 Å². The van der Waals surface area contributed by atoms with Gasteiger partial charge in [0, 0.05) is 23.9 Å². The van der Waals surface area contributed by atoms with Crippen molar-refractivity contribution in [2.45, 2.75) is 48.0 Å². The van der Waals surface area contributed by atoms with Gasteiger partial charge in [-0.25, -0.2) is 0 Å². The van der Waals surface area contributed by atoms with Crippen LogP contribution in [-0.2, 0) is 14.3 Å². The average Bonchev–Trinajstić information content (AvgIpc) is 2.78. The van der Waals surface area contributed by atoms with Crippen LogP contribution in [0.1, 0.15) is 48.0 Å². The van der Waals surface area contributed by atoms with E-state index in [9.17, 15) is 19.8 Å². The second-order valence-corrected chi connectivity index (χ2v) is 8.42. The highest BCUT2D eigenvalue weighted by molar-refractivity contribution is 5.75. The number of carbonyl (C=O) groups excluding carboxylic acids is 2. The summed E-state index contributed by atoms with van der Waals surface area (Å²) in [7, 11) is 1.43. The molecule has 0 aromatic heterocycles. The molecule has 1 amide bonds. The predicted molar refractivity (Wildman–Crippen MR) is 93.3 cm³/mol. The van der Waals surface area contributed by atoms with Gasteiger partial charge in [-0.05, 0) is 26.2 Å². The highest BCUT2D eigenvalue weighted by atomic mass is 16.5. The quantitative estimate of drug-likeness (QED) is 0.565. The summed E-state index contributed by atoms with van der Waals surface area (Å²) < 4.78 is 4.68. The van der Waals surface area contributed by atoms with Crippen molar-refractivity contribution >= 4 is 12.4 Å². The lowest BCUT2D eigenvalue weighted by molar-refractivity contribution is -0.151. The molecule has 0 aromatic carbocycles. The van der Waals surface area contributed by atoms with Crippen molar-refractivity contribution in [1.29, 1.82) is 0 Å². The third kappa shape index (κ3) is 5.45. The Morgan fingerprint density at radius 1 is 1.21 bits per heavy atom. The van der Waals surface area contributed by atoms with E-state index >= 15 is 0 Å². The smallest absolute Gasteiger partial charge is 0.311 e. The molecule has 2 N–H and O–H groups in total. The van der Waals surface area contributed by atoms with Crippen LogP contribution in [0.2, 0.25) is 0 Å². The average molecular weight is 345 g/mol. The summed E-state index contributed by atoms with van der Waals surface area (Å²) in [6.07, 6.45) is 1.65. The molecule has 0 saturated carbocycles. The number of hydrogen-bond donors (Lipinski definition) is 2. The molecule has 0 aromatic rings. The van der Waals surface area contributed by atoms with E-state index in [-0.39, 0.29) is 35.4 Å².